The molecule has 0 saturated heterocycles. The fourth-order valence-electron chi connectivity index (χ4n) is 1.63. The lowest BCUT2D eigenvalue weighted by Crippen LogP contribution is -2.01. The summed E-state index contributed by atoms with van der Waals surface area (Å²) < 4.78 is 0. The lowest BCUT2D eigenvalue weighted by molar-refractivity contribution is 0.697. The van der Waals surface area contributed by atoms with Crippen LogP contribution in [0.4, 0.5) is 0 Å². The Balaban J connectivity index is 1.78. The van der Waals surface area contributed by atoms with Gasteiger partial charge >= 0.3 is 0 Å². The van der Waals surface area contributed by atoms with Crippen LogP contribution in [0.25, 0.3) is 0 Å². The molecule has 1 atom stereocenters. The van der Waals surface area contributed by atoms with E-state index in [0.29, 0.717) is 0 Å². The Morgan fingerprint density at radius 1 is 1.62 bits per heavy atom. The van der Waals surface area contributed by atoms with Crippen molar-refractivity contribution in [2.24, 2.45) is 5.92 Å². The highest BCUT2D eigenvalue weighted by Crippen LogP contribution is 2.38. The third-order valence-corrected chi connectivity index (χ3v) is 4.74. The van der Waals surface area contributed by atoms with Crippen LogP contribution in [0.5, 0.6) is 0 Å². The first-order valence-electron chi connectivity index (χ1n) is 4.94. The summed E-state index contributed by atoms with van der Waals surface area (Å²) in [5.41, 5.74) is 1.52. The summed E-state index contributed by atoms with van der Waals surface area (Å²) in [5, 5.41) is 2.29. The monoisotopic (exact) mass is 258 g/mol. The molecule has 2 heteroatoms. The van der Waals surface area contributed by atoms with Gasteiger partial charge in [-0.25, -0.2) is 0 Å². The van der Waals surface area contributed by atoms with Crippen LogP contribution in [-0.2, 0) is 6.42 Å². The molecule has 0 spiro atoms. The van der Waals surface area contributed by atoms with Crippen molar-refractivity contribution in [1.29, 1.82) is 0 Å². The van der Waals surface area contributed by atoms with E-state index in [9.17, 15) is 0 Å². The maximum Gasteiger partial charge on any atom is 0.0177 e. The molecule has 0 amide bonds. The Morgan fingerprint density at radius 2 is 2.38 bits per heavy atom. The van der Waals surface area contributed by atoms with Crippen molar-refractivity contribution in [1.82, 2.24) is 0 Å². The van der Waals surface area contributed by atoms with Gasteiger partial charge in [0.25, 0.3) is 0 Å². The fourth-order valence-corrected chi connectivity index (χ4v) is 3.13. The second-order valence-electron chi connectivity index (χ2n) is 3.96. The minimum absolute atomic E-state index is 0.771. The SMILES string of the molecule is Cc1cc(CCC(Br)C2CC2)cs1. The number of aryl methyl sites for hydroxylation is 2. The molecule has 1 aliphatic rings. The van der Waals surface area contributed by atoms with Crippen LogP contribution < -0.4 is 0 Å². The molecule has 0 aliphatic heterocycles. The van der Waals surface area contributed by atoms with Gasteiger partial charge in [0, 0.05) is 9.70 Å². The summed E-state index contributed by atoms with van der Waals surface area (Å²) in [7, 11) is 0. The molecule has 72 valence electrons. The molecule has 1 heterocycles. The highest BCUT2D eigenvalue weighted by Gasteiger charge is 2.28. The Bertz CT molecular complexity index is 275. The summed E-state index contributed by atoms with van der Waals surface area (Å²) in [5.74, 6) is 0.986. The first-order valence-corrected chi connectivity index (χ1v) is 6.73. The minimum atomic E-state index is 0.771. The van der Waals surface area contributed by atoms with Gasteiger partial charge in [-0.2, -0.15) is 0 Å². The molecule has 0 bridgehead atoms. The van der Waals surface area contributed by atoms with Gasteiger partial charge in [0.1, 0.15) is 0 Å². The first-order chi connectivity index (χ1) is 6.25. The molecule has 1 unspecified atom stereocenters. The average molecular weight is 259 g/mol. The van der Waals surface area contributed by atoms with E-state index in [1.807, 2.05) is 11.3 Å². The zero-order valence-electron chi connectivity index (χ0n) is 7.92. The third kappa shape index (κ3) is 2.81. The van der Waals surface area contributed by atoms with E-state index in [4.69, 9.17) is 0 Å². The molecule has 1 aliphatic carbocycles. The van der Waals surface area contributed by atoms with E-state index >= 15 is 0 Å². The molecular weight excluding hydrogens is 244 g/mol. The predicted octanol–water partition coefficient (Wildman–Crippen LogP) is 4.16. The van der Waals surface area contributed by atoms with Crippen molar-refractivity contribution in [2.45, 2.75) is 37.4 Å². The molecule has 2 rings (SSSR count). The van der Waals surface area contributed by atoms with Gasteiger partial charge in [0.15, 0.2) is 0 Å². The van der Waals surface area contributed by atoms with E-state index in [0.717, 1.165) is 10.7 Å². The number of hydrogen-bond donors (Lipinski definition) is 0. The zero-order valence-corrected chi connectivity index (χ0v) is 10.3. The van der Waals surface area contributed by atoms with E-state index in [2.05, 4.69) is 34.3 Å². The highest BCUT2D eigenvalue weighted by atomic mass is 79.9. The Labute approximate surface area is 92.5 Å². The van der Waals surface area contributed by atoms with E-state index in [1.54, 1.807) is 0 Å². The molecule has 0 radical (unpaired) electrons. The average Bonchev–Trinajstić information content (AvgIpc) is 2.87. The molecular formula is C11H15BrS. The smallest absolute Gasteiger partial charge is 0.0177 e. The summed E-state index contributed by atoms with van der Waals surface area (Å²) in [6, 6.07) is 2.32. The summed E-state index contributed by atoms with van der Waals surface area (Å²) in [4.78, 5) is 2.21. The molecule has 1 aromatic rings. The van der Waals surface area contributed by atoms with Crippen molar-refractivity contribution >= 4 is 27.3 Å². The second kappa shape index (κ2) is 4.14. The van der Waals surface area contributed by atoms with Gasteiger partial charge < -0.3 is 0 Å². The van der Waals surface area contributed by atoms with E-state index in [-0.39, 0.29) is 0 Å². The Kier molecular flexibility index (Phi) is 3.10. The van der Waals surface area contributed by atoms with E-state index in [1.165, 1.54) is 36.1 Å². The molecule has 1 fully saturated rings. The number of hydrogen-bond acceptors (Lipinski definition) is 1. The third-order valence-electron chi connectivity index (χ3n) is 2.63. The van der Waals surface area contributed by atoms with Gasteiger partial charge in [-0.05, 0) is 55.5 Å². The normalized spacial score (nSPS) is 18.9. The number of thiophene rings is 1. The Hall–Kier alpha value is 0.180. The minimum Gasteiger partial charge on any atom is -0.149 e. The Morgan fingerprint density at radius 3 is 2.92 bits per heavy atom. The molecule has 0 nitrogen and oxygen atoms in total. The van der Waals surface area contributed by atoms with Gasteiger partial charge in [0.05, 0.1) is 0 Å². The quantitative estimate of drug-likeness (QED) is 0.712. The van der Waals surface area contributed by atoms with Crippen molar-refractivity contribution in [3.63, 3.8) is 0 Å². The summed E-state index contributed by atoms with van der Waals surface area (Å²) >= 11 is 5.64. The van der Waals surface area contributed by atoms with Crippen molar-refractivity contribution in [3.8, 4) is 0 Å². The summed E-state index contributed by atoms with van der Waals surface area (Å²) in [6.45, 7) is 2.18. The van der Waals surface area contributed by atoms with Crippen LogP contribution in [0, 0.1) is 12.8 Å². The van der Waals surface area contributed by atoms with Gasteiger partial charge in [-0.1, -0.05) is 15.9 Å². The number of alkyl halides is 1. The molecule has 1 saturated carbocycles. The van der Waals surface area contributed by atoms with Crippen LogP contribution >= 0.6 is 27.3 Å². The lowest BCUT2D eigenvalue weighted by atomic mass is 10.1. The standard InChI is InChI=1S/C11H15BrS/c1-8-6-9(7-13-8)2-5-11(12)10-3-4-10/h6-7,10-11H,2-5H2,1H3. The number of rotatable bonds is 4. The van der Waals surface area contributed by atoms with Gasteiger partial charge in [0.2, 0.25) is 0 Å². The molecule has 0 aromatic carbocycles. The van der Waals surface area contributed by atoms with Crippen LogP contribution in [0.3, 0.4) is 0 Å². The predicted molar refractivity (Wildman–Crippen MR) is 62.8 cm³/mol. The largest absolute Gasteiger partial charge is 0.149 e. The van der Waals surface area contributed by atoms with Crippen LogP contribution in [-0.4, -0.2) is 4.83 Å². The van der Waals surface area contributed by atoms with E-state index < -0.39 is 0 Å². The second-order valence-corrected chi connectivity index (χ2v) is 6.25. The number of halogens is 1. The first kappa shape index (κ1) is 9.72. The van der Waals surface area contributed by atoms with Crippen LogP contribution in [0.1, 0.15) is 29.7 Å². The maximum atomic E-state index is 3.77. The maximum absolute atomic E-state index is 3.77. The van der Waals surface area contributed by atoms with Crippen molar-refractivity contribution in [3.05, 3.63) is 21.9 Å². The van der Waals surface area contributed by atoms with Gasteiger partial charge in [-0.3, -0.25) is 0 Å². The fraction of sp³-hybridized carbons (Fsp3) is 0.636. The van der Waals surface area contributed by atoms with Crippen molar-refractivity contribution in [2.75, 3.05) is 0 Å². The van der Waals surface area contributed by atoms with Crippen LogP contribution in [0.2, 0.25) is 0 Å². The summed E-state index contributed by atoms with van der Waals surface area (Å²) in [6.07, 6.45) is 5.44. The van der Waals surface area contributed by atoms with Crippen LogP contribution in [0.15, 0.2) is 11.4 Å². The molecule has 13 heavy (non-hydrogen) atoms. The lowest BCUT2D eigenvalue weighted by Gasteiger charge is -2.05. The molecule has 0 N–H and O–H groups in total. The topological polar surface area (TPSA) is 0 Å². The van der Waals surface area contributed by atoms with Crippen molar-refractivity contribution < 1.29 is 0 Å². The zero-order chi connectivity index (χ0) is 9.26. The molecule has 1 aromatic heterocycles. The van der Waals surface area contributed by atoms with Gasteiger partial charge in [-0.15, -0.1) is 11.3 Å². The highest BCUT2D eigenvalue weighted by molar-refractivity contribution is 9.09.